The first-order valence-electron chi connectivity index (χ1n) is 11.8. The molecule has 4 aromatic carbocycles. The molecule has 0 saturated heterocycles. The number of benzene rings is 4. The molecule has 0 atom stereocenters. The lowest BCUT2D eigenvalue weighted by molar-refractivity contribution is 0.103. The van der Waals surface area contributed by atoms with E-state index in [2.05, 4.69) is 0 Å². The smallest absolute Gasteiger partial charge is 0.193 e. The van der Waals surface area contributed by atoms with Gasteiger partial charge in [0.15, 0.2) is 5.78 Å². The Bertz CT molecular complexity index is 1620. The SMILES string of the molecule is [2H]c1c([2H])c([2H])c2c(oc3c(-c4ccc(C(=O)c5ccccc5)cc4)c([2H])c([2H])c([2H])c32)c1[2H]. The molecule has 0 aliphatic heterocycles. The van der Waals surface area contributed by atoms with Crippen LogP contribution in [0.15, 0.2) is 101 Å². The molecule has 0 bridgehead atoms. The van der Waals surface area contributed by atoms with E-state index in [1.165, 1.54) is 0 Å². The van der Waals surface area contributed by atoms with Crippen LogP contribution >= 0.6 is 0 Å². The lowest BCUT2D eigenvalue weighted by Gasteiger charge is -2.05. The van der Waals surface area contributed by atoms with Crippen molar-refractivity contribution in [1.82, 2.24) is 0 Å². The van der Waals surface area contributed by atoms with Crippen LogP contribution in [0.5, 0.6) is 0 Å². The Hall–Kier alpha value is -3.65. The molecule has 0 amide bonds. The van der Waals surface area contributed by atoms with Crippen LogP contribution in [0, 0.1) is 0 Å². The summed E-state index contributed by atoms with van der Waals surface area (Å²) in [6.45, 7) is 0. The van der Waals surface area contributed by atoms with Crippen molar-refractivity contribution in [1.29, 1.82) is 0 Å². The van der Waals surface area contributed by atoms with E-state index in [1.807, 2.05) is 6.07 Å². The number of hydrogen-bond acceptors (Lipinski definition) is 2. The highest BCUT2D eigenvalue weighted by Gasteiger charge is 2.13. The summed E-state index contributed by atoms with van der Waals surface area (Å²) < 4.78 is 63.4. The third-order valence-electron chi connectivity index (χ3n) is 4.41. The van der Waals surface area contributed by atoms with Gasteiger partial charge >= 0.3 is 0 Å². The number of hydrogen-bond donors (Lipinski definition) is 0. The summed E-state index contributed by atoms with van der Waals surface area (Å²) in [5.74, 6) is -0.168. The van der Waals surface area contributed by atoms with Crippen molar-refractivity contribution in [2.75, 3.05) is 0 Å². The third-order valence-corrected chi connectivity index (χ3v) is 4.41. The maximum Gasteiger partial charge on any atom is 0.193 e. The van der Waals surface area contributed by atoms with Gasteiger partial charge in [-0.2, -0.15) is 0 Å². The van der Waals surface area contributed by atoms with Crippen LogP contribution in [0.4, 0.5) is 0 Å². The number of ketones is 1. The zero-order valence-corrected chi connectivity index (χ0v) is 14.0. The lowest BCUT2D eigenvalue weighted by atomic mass is 9.98. The van der Waals surface area contributed by atoms with Gasteiger partial charge in [0.05, 0.1) is 9.60 Å². The lowest BCUT2D eigenvalue weighted by Crippen LogP contribution is -2.00. The Kier molecular flexibility index (Phi) is 2.29. The molecular weight excluding hydrogens is 332 g/mol. The molecule has 0 saturated carbocycles. The molecule has 0 aliphatic rings. The second-order valence-electron chi connectivity index (χ2n) is 6.03. The summed E-state index contributed by atoms with van der Waals surface area (Å²) in [7, 11) is 0. The first kappa shape index (κ1) is 9.89. The molecule has 27 heavy (non-hydrogen) atoms. The van der Waals surface area contributed by atoms with Crippen molar-refractivity contribution >= 4 is 27.7 Å². The molecule has 1 heterocycles. The van der Waals surface area contributed by atoms with E-state index in [9.17, 15) is 4.79 Å². The Morgan fingerprint density at radius 2 is 1.44 bits per heavy atom. The minimum atomic E-state index is -0.467. The Labute approximate surface area is 166 Å². The monoisotopic (exact) mass is 355 g/mol. The zero-order valence-electron chi connectivity index (χ0n) is 21.0. The van der Waals surface area contributed by atoms with Gasteiger partial charge in [0.2, 0.25) is 0 Å². The number of carbonyl (C=O) groups excluding carboxylic acids is 1. The Morgan fingerprint density at radius 3 is 2.26 bits per heavy atom. The highest BCUT2D eigenvalue weighted by Crippen LogP contribution is 2.35. The minimum Gasteiger partial charge on any atom is -0.455 e. The molecular formula is C25H16O2. The van der Waals surface area contributed by atoms with Gasteiger partial charge in [0.1, 0.15) is 11.2 Å². The van der Waals surface area contributed by atoms with E-state index in [4.69, 9.17) is 14.0 Å². The van der Waals surface area contributed by atoms with Crippen molar-refractivity contribution < 1.29 is 18.8 Å². The standard InChI is InChI=1S/C25H16O2/c26-24(18-7-2-1-3-8-18)19-15-13-17(14-16-19)20-10-6-11-22-21-9-4-5-12-23(21)27-25(20)22/h1-16H/i4D,5D,6D,9D,10D,11D,12D. The van der Waals surface area contributed by atoms with Gasteiger partial charge in [0.25, 0.3) is 0 Å². The molecule has 1 aromatic heterocycles. The third kappa shape index (κ3) is 2.63. The van der Waals surface area contributed by atoms with Crippen molar-refractivity contribution in [3.8, 4) is 11.1 Å². The summed E-state index contributed by atoms with van der Waals surface area (Å²) in [6, 6.07) is 12.6. The van der Waals surface area contributed by atoms with Crippen LogP contribution in [0.25, 0.3) is 33.1 Å². The van der Waals surface area contributed by atoms with Crippen molar-refractivity contribution in [2.24, 2.45) is 0 Å². The summed E-state index contributed by atoms with van der Waals surface area (Å²) in [4.78, 5) is 12.7. The largest absolute Gasteiger partial charge is 0.455 e. The summed E-state index contributed by atoms with van der Waals surface area (Å²) in [5, 5.41) is 0.0686. The molecule has 0 N–H and O–H groups in total. The fourth-order valence-corrected chi connectivity index (χ4v) is 3.08. The second kappa shape index (κ2) is 6.26. The van der Waals surface area contributed by atoms with E-state index in [0.717, 1.165) is 0 Å². The number of rotatable bonds is 3. The predicted octanol–water partition coefficient (Wildman–Crippen LogP) is 6.48. The summed E-state index contributed by atoms with van der Waals surface area (Å²) in [6.07, 6.45) is 0. The van der Waals surface area contributed by atoms with Crippen LogP contribution in [-0.4, -0.2) is 5.78 Å². The van der Waals surface area contributed by atoms with Gasteiger partial charge in [-0.3, -0.25) is 4.79 Å². The average Bonchev–Trinajstić information content (AvgIpc) is 3.26. The number of fused-ring (bicyclic) bond motifs is 3. The van der Waals surface area contributed by atoms with Gasteiger partial charge in [-0.15, -0.1) is 0 Å². The van der Waals surface area contributed by atoms with Gasteiger partial charge in [-0.1, -0.05) is 90.9 Å². The molecule has 0 spiro atoms. The van der Waals surface area contributed by atoms with Crippen LogP contribution in [-0.2, 0) is 0 Å². The van der Waals surface area contributed by atoms with Gasteiger partial charge in [0, 0.05) is 27.5 Å². The van der Waals surface area contributed by atoms with Crippen molar-refractivity contribution in [3.05, 3.63) is 108 Å². The number of carbonyl (C=O) groups is 1. The normalized spacial score (nSPS) is 14.7. The van der Waals surface area contributed by atoms with E-state index in [0.29, 0.717) is 16.7 Å². The molecule has 5 aromatic rings. The maximum absolute atomic E-state index is 12.7. The van der Waals surface area contributed by atoms with E-state index < -0.39 is 12.1 Å². The quantitative estimate of drug-likeness (QED) is 0.347. The molecule has 128 valence electrons. The van der Waals surface area contributed by atoms with E-state index in [1.54, 1.807) is 48.5 Å². The molecule has 0 unspecified atom stereocenters. The number of furan rings is 1. The molecule has 0 aliphatic carbocycles. The summed E-state index contributed by atoms with van der Waals surface area (Å²) in [5.41, 5.74) is 1.52. The first-order valence-corrected chi connectivity index (χ1v) is 8.34. The first-order chi connectivity index (χ1) is 16.2. The molecule has 0 fully saturated rings. The van der Waals surface area contributed by atoms with Gasteiger partial charge < -0.3 is 4.42 Å². The Balaban J connectivity index is 1.77. The fraction of sp³-hybridized carbons (Fsp3) is 0. The average molecular weight is 355 g/mol. The molecule has 2 nitrogen and oxygen atoms in total. The predicted molar refractivity (Wildman–Crippen MR) is 109 cm³/mol. The molecule has 2 heteroatoms. The second-order valence-corrected chi connectivity index (χ2v) is 6.03. The van der Waals surface area contributed by atoms with Gasteiger partial charge in [-0.05, 0) is 11.6 Å². The van der Waals surface area contributed by atoms with Crippen molar-refractivity contribution in [3.63, 3.8) is 0 Å². The van der Waals surface area contributed by atoms with Crippen LogP contribution in [0.1, 0.15) is 25.5 Å². The Morgan fingerprint density at radius 1 is 0.741 bits per heavy atom. The van der Waals surface area contributed by atoms with Crippen LogP contribution < -0.4 is 0 Å². The van der Waals surface area contributed by atoms with Crippen molar-refractivity contribution in [2.45, 2.75) is 0 Å². The summed E-state index contributed by atoms with van der Waals surface area (Å²) >= 11 is 0. The highest BCUT2D eigenvalue weighted by molar-refractivity contribution is 6.11. The van der Waals surface area contributed by atoms with E-state index >= 15 is 0 Å². The molecule has 0 radical (unpaired) electrons. The topological polar surface area (TPSA) is 30.2 Å². The van der Waals surface area contributed by atoms with Crippen LogP contribution in [0.3, 0.4) is 0 Å². The van der Waals surface area contributed by atoms with E-state index in [-0.39, 0.29) is 63.5 Å². The minimum absolute atomic E-state index is 0.0108. The zero-order chi connectivity index (χ0) is 24.3. The van der Waals surface area contributed by atoms with Crippen LogP contribution in [0.2, 0.25) is 0 Å². The fourth-order valence-electron chi connectivity index (χ4n) is 3.08. The molecule has 5 rings (SSSR count). The highest BCUT2D eigenvalue weighted by atomic mass is 16.3. The number of para-hydroxylation sites is 2. The van der Waals surface area contributed by atoms with Gasteiger partial charge in [-0.25, -0.2) is 0 Å². The maximum atomic E-state index is 12.7.